The molecule has 0 bridgehead atoms. The van der Waals surface area contributed by atoms with Gasteiger partial charge < -0.3 is 14.6 Å². The zero-order valence-electron chi connectivity index (χ0n) is 12.6. The Bertz CT molecular complexity index is 662. The maximum Gasteiger partial charge on any atom is 0.387 e. The largest absolute Gasteiger partial charge is 0.493 e. The van der Waals surface area contributed by atoms with Crippen molar-refractivity contribution in [2.45, 2.75) is 26.1 Å². The van der Waals surface area contributed by atoms with Crippen LogP contribution in [-0.2, 0) is 6.42 Å². The molecule has 2 rings (SSSR count). The number of aliphatic hydroxyl groups is 1. The molecule has 0 amide bonds. The Morgan fingerprint density at radius 3 is 2.61 bits per heavy atom. The number of aryl methyl sites for hydroxylation is 1. The quantitative estimate of drug-likeness (QED) is 0.863. The van der Waals surface area contributed by atoms with E-state index in [0.29, 0.717) is 10.6 Å². The van der Waals surface area contributed by atoms with Crippen LogP contribution in [0.25, 0.3) is 0 Å². The van der Waals surface area contributed by atoms with Crippen LogP contribution in [0.4, 0.5) is 8.78 Å². The van der Waals surface area contributed by atoms with Gasteiger partial charge in [-0.15, -0.1) is 0 Å². The number of alkyl halides is 2. The van der Waals surface area contributed by atoms with Gasteiger partial charge in [0, 0.05) is 18.8 Å². The number of aromatic nitrogens is 1. The first kappa shape index (κ1) is 17.4. The average molecular weight is 344 g/mol. The molecule has 0 unspecified atom stereocenters. The number of benzene rings is 1. The molecule has 1 N–H and O–H groups in total. The van der Waals surface area contributed by atoms with Crippen LogP contribution in [0.2, 0.25) is 5.02 Å². The Morgan fingerprint density at radius 2 is 2.00 bits per heavy atom. The fraction of sp³-hybridized carbons (Fsp3) is 0.312. The summed E-state index contributed by atoms with van der Waals surface area (Å²) >= 11 is 6.10. The van der Waals surface area contributed by atoms with Crippen LogP contribution in [-0.4, -0.2) is 23.8 Å². The van der Waals surface area contributed by atoms with Gasteiger partial charge in [0.15, 0.2) is 11.5 Å². The fourth-order valence-corrected chi connectivity index (χ4v) is 2.50. The van der Waals surface area contributed by atoms with Crippen LogP contribution in [0.1, 0.15) is 22.8 Å². The molecule has 0 saturated carbocycles. The molecule has 0 spiro atoms. The van der Waals surface area contributed by atoms with E-state index in [1.807, 2.05) is 6.92 Å². The number of halogens is 3. The Labute approximate surface area is 137 Å². The second-order valence-corrected chi connectivity index (χ2v) is 5.33. The molecule has 0 aliphatic heterocycles. The third-order valence-corrected chi connectivity index (χ3v) is 3.73. The van der Waals surface area contributed by atoms with E-state index in [9.17, 15) is 13.9 Å². The number of hydrogen-bond acceptors (Lipinski definition) is 4. The molecule has 0 saturated heterocycles. The topological polar surface area (TPSA) is 51.6 Å². The molecule has 124 valence electrons. The number of nitrogens with zero attached hydrogens (tertiary/aromatic N) is 1. The van der Waals surface area contributed by atoms with Crippen molar-refractivity contribution in [1.82, 2.24) is 4.98 Å². The molecule has 7 heteroatoms. The predicted octanol–water partition coefficient (Wildman–Crippen LogP) is 3.93. The van der Waals surface area contributed by atoms with Gasteiger partial charge in [-0.25, -0.2) is 0 Å². The second-order valence-electron chi connectivity index (χ2n) is 4.93. The first-order valence-corrected chi connectivity index (χ1v) is 7.20. The van der Waals surface area contributed by atoms with E-state index < -0.39 is 12.7 Å². The van der Waals surface area contributed by atoms with Crippen molar-refractivity contribution in [3.05, 3.63) is 52.3 Å². The lowest BCUT2D eigenvalue weighted by atomic mass is 9.99. The summed E-state index contributed by atoms with van der Waals surface area (Å²) in [6, 6.07) is 4.31. The zero-order chi connectivity index (χ0) is 17.0. The molecule has 0 radical (unpaired) electrons. The lowest BCUT2D eigenvalue weighted by Crippen LogP contribution is -2.07. The molecular formula is C16H16ClF2NO3. The molecule has 0 fully saturated rings. The van der Waals surface area contributed by atoms with Crippen molar-refractivity contribution in [1.29, 1.82) is 0 Å². The Morgan fingerprint density at radius 1 is 1.26 bits per heavy atom. The Kier molecular flexibility index (Phi) is 5.74. The molecule has 1 atom stereocenters. The summed E-state index contributed by atoms with van der Waals surface area (Å²) in [7, 11) is 1.34. The minimum absolute atomic E-state index is 0.0865. The smallest absolute Gasteiger partial charge is 0.387 e. The van der Waals surface area contributed by atoms with E-state index >= 15 is 0 Å². The molecule has 23 heavy (non-hydrogen) atoms. The van der Waals surface area contributed by atoms with Gasteiger partial charge in [0.1, 0.15) is 0 Å². The molecule has 1 heterocycles. The van der Waals surface area contributed by atoms with Crippen molar-refractivity contribution in [2.75, 3.05) is 7.11 Å². The van der Waals surface area contributed by atoms with Gasteiger partial charge in [-0.2, -0.15) is 8.78 Å². The number of pyridine rings is 1. The minimum Gasteiger partial charge on any atom is -0.493 e. The summed E-state index contributed by atoms with van der Waals surface area (Å²) < 4.78 is 34.0. The second kappa shape index (κ2) is 7.57. The van der Waals surface area contributed by atoms with E-state index in [-0.39, 0.29) is 17.9 Å². The number of ether oxygens (including phenoxy) is 2. The third kappa shape index (κ3) is 4.30. The van der Waals surface area contributed by atoms with E-state index in [1.54, 1.807) is 6.20 Å². The van der Waals surface area contributed by atoms with Crippen LogP contribution in [0.5, 0.6) is 11.5 Å². The van der Waals surface area contributed by atoms with Gasteiger partial charge in [0.05, 0.1) is 18.2 Å². The van der Waals surface area contributed by atoms with Crippen LogP contribution in [0, 0.1) is 6.92 Å². The SMILES string of the molecule is COc1cc([C@@H](O)Cc2c(C)cncc2Cl)ccc1OC(F)F. The standard InChI is InChI=1S/C16H16ClF2NO3/c1-9-7-20-8-12(17)11(9)6-13(21)10-3-4-14(23-16(18)19)15(5-10)22-2/h3-5,7-8,13,16,21H,6H2,1-2H3/t13-/m0/s1. The van der Waals surface area contributed by atoms with Gasteiger partial charge in [0.2, 0.25) is 0 Å². The van der Waals surface area contributed by atoms with E-state index in [1.165, 1.54) is 31.5 Å². The maximum absolute atomic E-state index is 12.3. The summed E-state index contributed by atoms with van der Waals surface area (Å²) in [6.07, 6.45) is 2.57. The van der Waals surface area contributed by atoms with Crippen LogP contribution < -0.4 is 9.47 Å². The molecule has 1 aromatic carbocycles. The molecular weight excluding hydrogens is 328 g/mol. The first-order valence-electron chi connectivity index (χ1n) is 6.82. The molecule has 4 nitrogen and oxygen atoms in total. The molecule has 0 aliphatic carbocycles. The van der Waals surface area contributed by atoms with Gasteiger partial charge >= 0.3 is 6.61 Å². The third-order valence-electron chi connectivity index (χ3n) is 3.41. The van der Waals surface area contributed by atoms with Gasteiger partial charge in [-0.3, -0.25) is 4.98 Å². The normalized spacial score (nSPS) is 12.3. The highest BCUT2D eigenvalue weighted by molar-refractivity contribution is 6.31. The first-order chi connectivity index (χ1) is 10.9. The monoisotopic (exact) mass is 343 g/mol. The Hall–Kier alpha value is -1.92. The summed E-state index contributed by atoms with van der Waals surface area (Å²) in [4.78, 5) is 3.97. The average Bonchev–Trinajstić information content (AvgIpc) is 2.50. The van der Waals surface area contributed by atoms with Crippen molar-refractivity contribution in [3.63, 3.8) is 0 Å². The van der Waals surface area contributed by atoms with Gasteiger partial charge in [0.25, 0.3) is 0 Å². The van der Waals surface area contributed by atoms with E-state index in [4.69, 9.17) is 16.3 Å². The number of aliphatic hydroxyl groups excluding tert-OH is 1. The summed E-state index contributed by atoms with van der Waals surface area (Å²) in [5.41, 5.74) is 2.15. The lowest BCUT2D eigenvalue weighted by molar-refractivity contribution is -0.0512. The van der Waals surface area contributed by atoms with Crippen molar-refractivity contribution >= 4 is 11.6 Å². The number of methoxy groups -OCH3 is 1. The Balaban J connectivity index is 2.24. The van der Waals surface area contributed by atoms with Crippen molar-refractivity contribution in [3.8, 4) is 11.5 Å². The maximum atomic E-state index is 12.3. The van der Waals surface area contributed by atoms with Crippen molar-refractivity contribution in [2.24, 2.45) is 0 Å². The van der Waals surface area contributed by atoms with Gasteiger partial charge in [-0.1, -0.05) is 17.7 Å². The van der Waals surface area contributed by atoms with Crippen molar-refractivity contribution < 1.29 is 23.4 Å². The number of hydrogen-bond donors (Lipinski definition) is 1. The highest BCUT2D eigenvalue weighted by Gasteiger charge is 2.17. The lowest BCUT2D eigenvalue weighted by Gasteiger charge is -2.16. The highest BCUT2D eigenvalue weighted by Crippen LogP contribution is 2.33. The van der Waals surface area contributed by atoms with E-state index in [2.05, 4.69) is 9.72 Å². The van der Waals surface area contributed by atoms with E-state index in [0.717, 1.165) is 11.1 Å². The van der Waals surface area contributed by atoms with Crippen LogP contribution >= 0.6 is 11.6 Å². The molecule has 2 aromatic rings. The molecule has 0 aliphatic rings. The minimum atomic E-state index is -2.95. The summed E-state index contributed by atoms with van der Waals surface area (Å²) in [6.45, 7) is -1.10. The van der Waals surface area contributed by atoms with Crippen LogP contribution in [0.3, 0.4) is 0 Å². The van der Waals surface area contributed by atoms with Gasteiger partial charge in [-0.05, 0) is 35.7 Å². The fourth-order valence-electron chi connectivity index (χ4n) is 2.21. The highest BCUT2D eigenvalue weighted by atomic mass is 35.5. The van der Waals surface area contributed by atoms with Crippen LogP contribution in [0.15, 0.2) is 30.6 Å². The summed E-state index contributed by atoms with van der Waals surface area (Å²) in [5.74, 6) is 0.0379. The summed E-state index contributed by atoms with van der Waals surface area (Å²) in [5, 5.41) is 10.9. The predicted molar refractivity (Wildman–Crippen MR) is 82.3 cm³/mol. The number of rotatable bonds is 6. The zero-order valence-corrected chi connectivity index (χ0v) is 13.3. The molecule has 1 aromatic heterocycles.